The predicted molar refractivity (Wildman–Crippen MR) is 33.2 cm³/mol. The van der Waals surface area contributed by atoms with Crippen LogP contribution in [0.5, 0.6) is 0 Å². The zero-order valence-corrected chi connectivity index (χ0v) is 5.77. The normalized spacial score (nSPS) is 49.2. The highest BCUT2D eigenvalue weighted by Gasteiger charge is 2.32. The van der Waals surface area contributed by atoms with Gasteiger partial charge in [0, 0.05) is 6.42 Å². The zero-order chi connectivity index (χ0) is 7.72. The highest BCUT2D eigenvalue weighted by Crippen LogP contribution is 2.17. The Labute approximate surface area is 59.1 Å². The van der Waals surface area contributed by atoms with Crippen molar-refractivity contribution >= 4 is 0 Å². The van der Waals surface area contributed by atoms with Crippen molar-refractivity contribution in [1.29, 1.82) is 0 Å². The van der Waals surface area contributed by atoms with E-state index in [1.165, 1.54) is 0 Å². The van der Waals surface area contributed by atoms with Gasteiger partial charge < -0.3 is 20.1 Å². The first-order valence-electron chi connectivity index (χ1n) is 3.31. The van der Waals surface area contributed by atoms with Crippen LogP contribution in [0.3, 0.4) is 0 Å². The molecule has 1 aliphatic rings. The Morgan fingerprint density at radius 3 is 2.40 bits per heavy atom. The molecule has 1 aliphatic heterocycles. The molecule has 0 radical (unpaired) electrons. The fraction of sp³-hybridized carbons (Fsp3) is 1.00. The molecule has 0 aromatic carbocycles. The summed E-state index contributed by atoms with van der Waals surface area (Å²) in [6.07, 6.45) is -3.07. The highest BCUT2D eigenvalue weighted by atomic mass is 16.6. The minimum Gasteiger partial charge on any atom is -0.390 e. The second-order valence-corrected chi connectivity index (χ2v) is 2.59. The molecule has 0 spiro atoms. The number of aliphatic hydroxyl groups is 3. The van der Waals surface area contributed by atoms with Crippen molar-refractivity contribution in [3.63, 3.8) is 0 Å². The molecule has 1 saturated heterocycles. The summed E-state index contributed by atoms with van der Waals surface area (Å²) >= 11 is 0. The summed E-state index contributed by atoms with van der Waals surface area (Å²) in [5.74, 6) is 0. The van der Waals surface area contributed by atoms with E-state index in [0.717, 1.165) is 0 Å². The van der Waals surface area contributed by atoms with Crippen molar-refractivity contribution in [3.8, 4) is 0 Å². The van der Waals surface area contributed by atoms with Crippen LogP contribution in [0.15, 0.2) is 0 Å². The van der Waals surface area contributed by atoms with Crippen molar-refractivity contribution in [1.82, 2.24) is 0 Å². The van der Waals surface area contributed by atoms with E-state index in [1.807, 2.05) is 0 Å². The van der Waals surface area contributed by atoms with Crippen molar-refractivity contribution in [3.05, 3.63) is 0 Å². The SMILES string of the molecule is C[C@@H]1O[C@H](O)C[C@H](O)[C@H]1O. The zero-order valence-electron chi connectivity index (χ0n) is 5.77. The van der Waals surface area contributed by atoms with Gasteiger partial charge in [0.05, 0.1) is 12.2 Å². The van der Waals surface area contributed by atoms with Gasteiger partial charge in [-0.3, -0.25) is 0 Å². The third-order valence-electron chi connectivity index (χ3n) is 1.69. The third-order valence-corrected chi connectivity index (χ3v) is 1.69. The molecule has 4 nitrogen and oxygen atoms in total. The van der Waals surface area contributed by atoms with Crippen LogP contribution >= 0.6 is 0 Å². The first kappa shape index (κ1) is 7.94. The average molecular weight is 148 g/mol. The van der Waals surface area contributed by atoms with E-state index < -0.39 is 24.6 Å². The summed E-state index contributed by atoms with van der Waals surface area (Å²) in [5, 5.41) is 27.0. The van der Waals surface area contributed by atoms with Gasteiger partial charge in [0.15, 0.2) is 6.29 Å². The lowest BCUT2D eigenvalue weighted by Gasteiger charge is -2.32. The first-order chi connectivity index (χ1) is 4.61. The molecule has 3 N–H and O–H groups in total. The van der Waals surface area contributed by atoms with E-state index in [0.29, 0.717) is 0 Å². The van der Waals surface area contributed by atoms with Gasteiger partial charge in [0.1, 0.15) is 6.10 Å². The fourth-order valence-corrected chi connectivity index (χ4v) is 1.04. The first-order valence-corrected chi connectivity index (χ1v) is 3.31. The van der Waals surface area contributed by atoms with Gasteiger partial charge in [-0.2, -0.15) is 0 Å². The topological polar surface area (TPSA) is 69.9 Å². The molecule has 1 rings (SSSR count). The maximum Gasteiger partial charge on any atom is 0.157 e. The second-order valence-electron chi connectivity index (χ2n) is 2.59. The molecule has 1 fully saturated rings. The van der Waals surface area contributed by atoms with Crippen LogP contribution in [0.25, 0.3) is 0 Å². The van der Waals surface area contributed by atoms with E-state index >= 15 is 0 Å². The Balaban J connectivity index is 2.49. The van der Waals surface area contributed by atoms with Gasteiger partial charge in [0.2, 0.25) is 0 Å². The molecule has 0 aromatic rings. The van der Waals surface area contributed by atoms with E-state index in [2.05, 4.69) is 0 Å². The molecular formula is C6H12O4. The van der Waals surface area contributed by atoms with Crippen molar-refractivity contribution in [2.24, 2.45) is 0 Å². The quantitative estimate of drug-likeness (QED) is 0.405. The molecule has 0 bridgehead atoms. The average Bonchev–Trinajstić information content (AvgIpc) is 1.82. The third kappa shape index (κ3) is 1.46. The predicted octanol–water partition coefficient (Wildman–Crippen LogP) is -1.16. The van der Waals surface area contributed by atoms with E-state index in [4.69, 9.17) is 20.1 Å². The molecule has 60 valence electrons. The van der Waals surface area contributed by atoms with E-state index in [-0.39, 0.29) is 6.42 Å². The van der Waals surface area contributed by atoms with Gasteiger partial charge in [-0.05, 0) is 6.92 Å². The maximum absolute atomic E-state index is 9.08. The van der Waals surface area contributed by atoms with Crippen LogP contribution in [-0.4, -0.2) is 39.9 Å². The fourth-order valence-electron chi connectivity index (χ4n) is 1.04. The van der Waals surface area contributed by atoms with Gasteiger partial charge in [-0.15, -0.1) is 0 Å². The number of rotatable bonds is 0. The smallest absolute Gasteiger partial charge is 0.157 e. The minimum absolute atomic E-state index is 0.0888. The van der Waals surface area contributed by atoms with Gasteiger partial charge in [-0.25, -0.2) is 0 Å². The highest BCUT2D eigenvalue weighted by molar-refractivity contribution is 4.78. The molecule has 1 heterocycles. The summed E-state index contributed by atoms with van der Waals surface area (Å²) < 4.78 is 4.81. The van der Waals surface area contributed by atoms with Gasteiger partial charge in [-0.1, -0.05) is 0 Å². The molecular weight excluding hydrogens is 136 g/mol. The van der Waals surface area contributed by atoms with Crippen LogP contribution in [-0.2, 0) is 4.74 Å². The summed E-state index contributed by atoms with van der Waals surface area (Å²) in [7, 11) is 0. The van der Waals surface area contributed by atoms with Crippen LogP contribution in [0.1, 0.15) is 13.3 Å². The summed E-state index contributed by atoms with van der Waals surface area (Å²) in [6.45, 7) is 1.61. The molecule has 4 atom stereocenters. The molecule has 0 aliphatic carbocycles. The molecule has 0 aromatic heterocycles. The van der Waals surface area contributed by atoms with Gasteiger partial charge in [0.25, 0.3) is 0 Å². The Morgan fingerprint density at radius 1 is 1.30 bits per heavy atom. The van der Waals surface area contributed by atoms with Crippen LogP contribution < -0.4 is 0 Å². The van der Waals surface area contributed by atoms with Crippen LogP contribution in [0.2, 0.25) is 0 Å². The van der Waals surface area contributed by atoms with Crippen LogP contribution in [0, 0.1) is 0 Å². The van der Waals surface area contributed by atoms with Crippen molar-refractivity contribution in [2.45, 2.75) is 37.9 Å². The molecule has 4 heteroatoms. The standard InChI is InChI=1S/C6H12O4/c1-3-6(9)4(7)2-5(8)10-3/h3-9H,2H2,1H3/t3-,4-,5-,6-/m0/s1. The van der Waals surface area contributed by atoms with Gasteiger partial charge >= 0.3 is 0 Å². The largest absolute Gasteiger partial charge is 0.390 e. The monoisotopic (exact) mass is 148 g/mol. The number of aliphatic hydroxyl groups excluding tert-OH is 3. The summed E-state index contributed by atoms with van der Waals surface area (Å²) in [5.41, 5.74) is 0. The van der Waals surface area contributed by atoms with Crippen molar-refractivity contribution < 1.29 is 20.1 Å². The summed E-state index contributed by atoms with van der Waals surface area (Å²) in [6, 6.07) is 0. The Bertz CT molecular complexity index is 104. The number of hydrogen-bond acceptors (Lipinski definition) is 4. The lowest BCUT2D eigenvalue weighted by molar-refractivity contribution is -0.226. The molecule has 0 amide bonds. The summed E-state index contributed by atoms with van der Waals surface area (Å²) in [4.78, 5) is 0. The Hall–Kier alpha value is -0.160. The van der Waals surface area contributed by atoms with E-state index in [9.17, 15) is 0 Å². The second kappa shape index (κ2) is 2.84. The maximum atomic E-state index is 9.08. The number of ether oxygens (including phenoxy) is 1. The molecule has 0 saturated carbocycles. The lowest BCUT2D eigenvalue weighted by atomic mass is 10.0. The van der Waals surface area contributed by atoms with Crippen LogP contribution in [0.4, 0.5) is 0 Å². The Kier molecular flexibility index (Phi) is 2.25. The molecule has 0 unspecified atom stereocenters. The lowest BCUT2D eigenvalue weighted by Crippen LogP contribution is -2.46. The van der Waals surface area contributed by atoms with E-state index in [1.54, 1.807) is 6.92 Å². The minimum atomic E-state index is -0.937. The van der Waals surface area contributed by atoms with Crippen molar-refractivity contribution in [2.75, 3.05) is 0 Å². The Morgan fingerprint density at radius 2 is 1.90 bits per heavy atom. The molecule has 10 heavy (non-hydrogen) atoms. The number of hydrogen-bond donors (Lipinski definition) is 3.